The number of nitrogens with zero attached hydrogens (tertiary/aromatic N) is 1. The Hall–Kier alpha value is -0.200. The molecule has 3 N–H and O–H groups in total. The molecule has 2 unspecified atom stereocenters. The molecule has 5 heteroatoms. The van der Waals surface area contributed by atoms with Crippen molar-refractivity contribution in [3.05, 3.63) is 10.6 Å². The molecule has 5 nitrogen and oxygen atoms in total. The molecule has 0 aliphatic heterocycles. The second-order valence-electron chi connectivity index (χ2n) is 1.10. The lowest BCUT2D eigenvalue weighted by atomic mass is 11.4. The molecular formula is C2H9N3O2. The zero-order valence-electron chi connectivity index (χ0n) is 4.30. The standard InChI is InChI=1S/C2H9N3O2/c1-3-5(7)4(2)6/h4-5,7H,1-2H3. The Kier molecular flexibility index (Phi) is 2.81. The van der Waals surface area contributed by atoms with Crippen LogP contribution in [0.15, 0.2) is 0 Å². The maximum Gasteiger partial charge on any atom is 0.112 e. The van der Waals surface area contributed by atoms with E-state index in [1.807, 2.05) is 0 Å². The van der Waals surface area contributed by atoms with Gasteiger partial charge in [-0.3, -0.25) is 0 Å². The minimum atomic E-state index is -0.417. The van der Waals surface area contributed by atoms with Gasteiger partial charge in [0.1, 0.15) is 7.05 Å². The van der Waals surface area contributed by atoms with Gasteiger partial charge in [-0.05, 0) is 0 Å². The Morgan fingerprint density at radius 3 is 2.14 bits per heavy atom. The van der Waals surface area contributed by atoms with Crippen molar-refractivity contribution in [3.63, 3.8) is 0 Å². The molecule has 7 heavy (non-hydrogen) atoms. The van der Waals surface area contributed by atoms with Gasteiger partial charge in [-0.15, -0.1) is 12.3 Å². The molecule has 0 spiro atoms. The topological polar surface area (TPSA) is 66.3 Å². The van der Waals surface area contributed by atoms with Gasteiger partial charge in [-0.1, -0.05) is 0 Å². The summed E-state index contributed by atoms with van der Waals surface area (Å²) >= 11 is 0. The zero-order chi connectivity index (χ0) is 5.86. The summed E-state index contributed by atoms with van der Waals surface area (Å²) in [5.41, 5.74) is 3.21. The maximum absolute atomic E-state index is 9.99. The third kappa shape index (κ3) is 2.49. The molecule has 2 atom stereocenters. The fourth-order valence-electron chi connectivity index (χ4n) is 0.157. The molecule has 0 heterocycles. The quantitative estimate of drug-likeness (QED) is 0.331. The highest BCUT2D eigenvalue weighted by atomic mass is 16.7. The maximum atomic E-state index is 9.99. The summed E-state index contributed by atoms with van der Waals surface area (Å²) in [5, 5.41) is 17.5. The van der Waals surface area contributed by atoms with Gasteiger partial charge in [0, 0.05) is 0 Å². The highest BCUT2D eigenvalue weighted by Gasteiger charge is 1.87. The summed E-state index contributed by atoms with van der Waals surface area (Å²) in [4.78, 5) is 0. The molecule has 0 fully saturated rings. The van der Waals surface area contributed by atoms with E-state index in [2.05, 4.69) is 5.43 Å². The van der Waals surface area contributed by atoms with E-state index < -0.39 is 10.5 Å². The van der Waals surface area contributed by atoms with Crippen molar-refractivity contribution < 1.29 is 15.7 Å². The Labute approximate surface area is 41.6 Å². The van der Waals surface area contributed by atoms with Gasteiger partial charge in [0.25, 0.3) is 0 Å². The lowest BCUT2D eigenvalue weighted by Crippen LogP contribution is -3.54. The van der Waals surface area contributed by atoms with Gasteiger partial charge < -0.3 is 10.6 Å². The second-order valence-corrected chi connectivity index (χ2v) is 1.10. The average Bonchev–Trinajstić information content (AvgIpc) is 1.65. The number of rotatable bonds is 2. The predicted molar refractivity (Wildman–Crippen MR) is 22.3 cm³/mol. The molecular weight excluding hydrogens is 98.0 g/mol. The number of hydrogen-bond donors (Lipinski definition) is 3. The Morgan fingerprint density at radius 2 is 2.14 bits per heavy atom. The second kappa shape index (κ2) is 2.89. The normalized spacial score (nSPS) is 18.9. The van der Waals surface area contributed by atoms with Crippen molar-refractivity contribution >= 4 is 0 Å². The zero-order valence-corrected chi connectivity index (χ0v) is 4.30. The van der Waals surface area contributed by atoms with Crippen molar-refractivity contribution in [1.82, 2.24) is 0 Å². The van der Waals surface area contributed by atoms with Gasteiger partial charge in [0.15, 0.2) is 0 Å². The van der Waals surface area contributed by atoms with E-state index >= 15 is 0 Å². The van der Waals surface area contributed by atoms with E-state index in [0.717, 1.165) is 0 Å². The summed E-state index contributed by atoms with van der Waals surface area (Å²) in [7, 11) is 2.61. The first-order valence-electron chi connectivity index (χ1n) is 1.85. The van der Waals surface area contributed by atoms with Crippen molar-refractivity contribution in [1.29, 1.82) is 0 Å². The minimum absolute atomic E-state index is 0.400. The summed E-state index contributed by atoms with van der Waals surface area (Å²) in [6.07, 6.45) is 0. The van der Waals surface area contributed by atoms with Crippen molar-refractivity contribution in [2.45, 2.75) is 0 Å². The summed E-state index contributed by atoms with van der Waals surface area (Å²) < 4.78 is 0. The number of nitrogens with one attached hydrogen (secondary N) is 2. The molecule has 0 saturated carbocycles. The van der Waals surface area contributed by atoms with E-state index in [4.69, 9.17) is 5.21 Å². The molecule has 0 aromatic heterocycles. The van der Waals surface area contributed by atoms with Gasteiger partial charge >= 0.3 is 0 Å². The highest BCUT2D eigenvalue weighted by Crippen LogP contribution is 1.38. The smallest absolute Gasteiger partial charge is 0.112 e. The lowest BCUT2D eigenvalue weighted by molar-refractivity contribution is -1.54. The molecule has 0 amide bonds. The van der Waals surface area contributed by atoms with Crippen LogP contribution in [0.5, 0.6) is 0 Å². The fraction of sp³-hybridized carbons (Fsp3) is 1.00. The van der Waals surface area contributed by atoms with E-state index in [0.29, 0.717) is 0 Å². The van der Waals surface area contributed by atoms with Gasteiger partial charge in [0.2, 0.25) is 0 Å². The van der Waals surface area contributed by atoms with Crippen LogP contribution in [0.4, 0.5) is 0 Å². The summed E-state index contributed by atoms with van der Waals surface area (Å²) in [5.74, 6) is 0. The first kappa shape index (κ1) is 6.80. The van der Waals surface area contributed by atoms with E-state index in [9.17, 15) is 5.21 Å². The predicted octanol–water partition coefficient (Wildman–Crippen LogP) is -2.89. The van der Waals surface area contributed by atoms with Gasteiger partial charge in [0.05, 0.1) is 0 Å². The third-order valence-electron chi connectivity index (χ3n) is 0.527. The molecule has 0 rings (SSSR count). The summed E-state index contributed by atoms with van der Waals surface area (Å²) in [6, 6.07) is 0. The number of hydroxylamine groups is 1. The Balaban J connectivity index is 3.14. The Bertz CT molecular complexity index is 48.2. The molecule has 0 aliphatic rings. The fourth-order valence-corrected chi connectivity index (χ4v) is 0.157. The monoisotopic (exact) mass is 107 g/mol. The SMILES string of the molecule is C[N-][NH+](O)[NH+](C)[O-]. The van der Waals surface area contributed by atoms with Crippen LogP contribution in [-0.2, 0) is 0 Å². The number of quaternary nitrogens is 2. The van der Waals surface area contributed by atoms with Crippen LogP contribution in [0.25, 0.3) is 5.43 Å². The largest absolute Gasteiger partial charge is 0.582 e. The van der Waals surface area contributed by atoms with Gasteiger partial charge in [-0.25, -0.2) is 0 Å². The molecule has 0 aliphatic carbocycles. The van der Waals surface area contributed by atoms with E-state index in [1.165, 1.54) is 14.1 Å². The van der Waals surface area contributed by atoms with Crippen LogP contribution >= 0.6 is 0 Å². The van der Waals surface area contributed by atoms with Crippen LogP contribution in [0.1, 0.15) is 0 Å². The molecule has 0 bridgehead atoms. The van der Waals surface area contributed by atoms with Crippen LogP contribution < -0.4 is 10.5 Å². The van der Waals surface area contributed by atoms with Crippen LogP contribution in [0, 0.1) is 5.21 Å². The highest BCUT2D eigenvalue weighted by molar-refractivity contribution is 4.29. The van der Waals surface area contributed by atoms with Crippen LogP contribution in [0.3, 0.4) is 0 Å². The van der Waals surface area contributed by atoms with Crippen molar-refractivity contribution in [2.24, 2.45) is 0 Å². The minimum Gasteiger partial charge on any atom is -0.582 e. The first-order chi connectivity index (χ1) is 3.18. The molecule has 44 valence electrons. The van der Waals surface area contributed by atoms with Crippen molar-refractivity contribution in [2.75, 3.05) is 14.1 Å². The van der Waals surface area contributed by atoms with Crippen LogP contribution in [0.2, 0.25) is 0 Å². The molecule has 0 aromatic carbocycles. The average molecular weight is 107 g/mol. The van der Waals surface area contributed by atoms with Gasteiger partial charge in [-0.2, -0.15) is 10.4 Å². The number of hydrogen-bond acceptors (Lipinski definition) is 2. The van der Waals surface area contributed by atoms with Crippen molar-refractivity contribution in [3.8, 4) is 0 Å². The third-order valence-corrected chi connectivity index (χ3v) is 0.527. The summed E-state index contributed by atoms with van der Waals surface area (Å²) in [6.45, 7) is 0. The van der Waals surface area contributed by atoms with Crippen LogP contribution in [-0.4, -0.2) is 19.3 Å². The molecule has 0 radical (unpaired) electrons. The Morgan fingerprint density at radius 1 is 1.71 bits per heavy atom. The van der Waals surface area contributed by atoms with E-state index in [1.54, 1.807) is 0 Å². The lowest BCUT2D eigenvalue weighted by Gasteiger charge is -2.26. The molecule has 0 aromatic rings. The first-order valence-corrected chi connectivity index (χ1v) is 1.85. The molecule has 0 saturated heterocycles. The van der Waals surface area contributed by atoms with E-state index in [-0.39, 0.29) is 0 Å².